The summed E-state index contributed by atoms with van der Waals surface area (Å²) in [7, 11) is 1.52. The first-order valence-electron chi connectivity index (χ1n) is 11.2. The number of ether oxygens (including phenoxy) is 1. The van der Waals surface area contributed by atoms with Gasteiger partial charge in [0.05, 0.1) is 26.3 Å². The molecule has 0 bridgehead atoms. The molecule has 2 heterocycles. The van der Waals surface area contributed by atoms with Crippen molar-refractivity contribution in [1.82, 2.24) is 25.1 Å². The molecule has 36 heavy (non-hydrogen) atoms. The van der Waals surface area contributed by atoms with Gasteiger partial charge in [0.1, 0.15) is 11.8 Å². The molecule has 0 saturated carbocycles. The Kier molecular flexibility index (Phi) is 7.85. The summed E-state index contributed by atoms with van der Waals surface area (Å²) in [6, 6.07) is 18.9. The second-order valence-electron chi connectivity index (χ2n) is 7.76. The maximum Gasteiger partial charge on any atom is 0.252 e. The van der Waals surface area contributed by atoms with Gasteiger partial charge < -0.3 is 25.0 Å². The molecule has 0 saturated heterocycles. The molecule has 0 aliphatic heterocycles. The van der Waals surface area contributed by atoms with Gasteiger partial charge in [0, 0.05) is 41.3 Å². The number of para-hydroxylation sites is 1. The van der Waals surface area contributed by atoms with E-state index in [0.717, 1.165) is 5.56 Å². The van der Waals surface area contributed by atoms with Crippen molar-refractivity contribution in [2.24, 2.45) is 0 Å². The van der Waals surface area contributed by atoms with Gasteiger partial charge in [-0.3, -0.25) is 9.78 Å². The number of hydrogen-bond donors (Lipinski definition) is 3. The number of aliphatic hydroxyl groups is 1. The first kappa shape index (κ1) is 24.4. The van der Waals surface area contributed by atoms with Crippen molar-refractivity contribution >= 4 is 11.6 Å². The van der Waals surface area contributed by atoms with Crippen LogP contribution in [0.3, 0.4) is 0 Å². The number of amides is 1. The molecule has 1 atom stereocenters. The number of aliphatic hydroxyl groups excluding tert-OH is 1. The quantitative estimate of drug-likeness (QED) is 0.313. The van der Waals surface area contributed by atoms with Gasteiger partial charge in [0.2, 0.25) is 0 Å². The average molecular weight is 484 g/mol. The Bertz CT molecular complexity index is 1370. The molecule has 0 aliphatic carbocycles. The fourth-order valence-corrected chi connectivity index (χ4v) is 3.77. The van der Waals surface area contributed by atoms with Crippen LogP contribution >= 0.6 is 0 Å². The highest BCUT2D eigenvalue weighted by Crippen LogP contribution is 2.25. The van der Waals surface area contributed by atoms with E-state index in [-0.39, 0.29) is 12.5 Å². The molecule has 0 spiro atoms. The number of benzene rings is 2. The molecule has 0 radical (unpaired) electrons. The van der Waals surface area contributed by atoms with E-state index >= 15 is 0 Å². The first-order valence-corrected chi connectivity index (χ1v) is 11.2. The number of aromatic nitrogens is 4. The van der Waals surface area contributed by atoms with E-state index in [2.05, 4.69) is 31.9 Å². The highest BCUT2D eigenvalue weighted by Gasteiger charge is 2.19. The Hall–Kier alpha value is -4.75. The number of nitriles is 1. The zero-order chi connectivity index (χ0) is 25.3. The lowest BCUT2D eigenvalue weighted by Gasteiger charge is -2.15. The summed E-state index contributed by atoms with van der Waals surface area (Å²) < 4.78 is 7.16. The van der Waals surface area contributed by atoms with Crippen molar-refractivity contribution in [2.45, 2.75) is 19.1 Å². The second-order valence-corrected chi connectivity index (χ2v) is 7.76. The van der Waals surface area contributed by atoms with E-state index in [4.69, 9.17) is 4.74 Å². The van der Waals surface area contributed by atoms with Crippen molar-refractivity contribution < 1.29 is 14.6 Å². The zero-order valence-corrected chi connectivity index (χ0v) is 19.6. The third-order valence-corrected chi connectivity index (χ3v) is 5.52. The highest BCUT2D eigenvalue weighted by molar-refractivity contribution is 5.95. The van der Waals surface area contributed by atoms with Crippen molar-refractivity contribution in [3.05, 3.63) is 90.0 Å². The minimum atomic E-state index is -0.867. The molecule has 4 aromatic rings. The summed E-state index contributed by atoms with van der Waals surface area (Å²) in [5.74, 6) is 1.40. The Morgan fingerprint density at radius 1 is 1.14 bits per heavy atom. The fraction of sp³-hybridized carbons (Fsp3) is 0.192. The zero-order valence-electron chi connectivity index (χ0n) is 19.6. The number of hydrogen-bond acceptors (Lipinski definition) is 8. The standard InChI is InChI=1S/C26H25N7O3/c1-36-23-8-3-2-7-21(23)22(16-27)30-26(35)19-5-4-6-20(15-19)29-17-24-31-32-25(33(24)13-14-34)18-9-11-28-12-10-18/h2-12,15,22,29,34H,13-14,17H2,1H3,(H,30,35)/t22-/m0/s1. The van der Waals surface area contributed by atoms with E-state index in [1.807, 2.05) is 22.8 Å². The molecule has 10 heteroatoms. The molecule has 10 nitrogen and oxygen atoms in total. The Balaban J connectivity index is 1.48. The van der Waals surface area contributed by atoms with Crippen LogP contribution in [0.4, 0.5) is 5.69 Å². The molecule has 0 unspecified atom stereocenters. The van der Waals surface area contributed by atoms with Crippen LogP contribution in [0.25, 0.3) is 11.4 Å². The number of nitrogens with one attached hydrogen (secondary N) is 2. The van der Waals surface area contributed by atoms with Crippen LogP contribution in [0.15, 0.2) is 73.1 Å². The van der Waals surface area contributed by atoms with Crippen LogP contribution in [0.5, 0.6) is 5.75 Å². The third kappa shape index (κ3) is 5.48. The number of rotatable bonds is 10. The van der Waals surface area contributed by atoms with Gasteiger partial charge in [0.25, 0.3) is 5.91 Å². The van der Waals surface area contributed by atoms with Gasteiger partial charge in [-0.05, 0) is 36.4 Å². The van der Waals surface area contributed by atoms with Gasteiger partial charge in [-0.25, -0.2) is 0 Å². The summed E-state index contributed by atoms with van der Waals surface area (Å²) in [5, 5.41) is 33.7. The van der Waals surface area contributed by atoms with Crippen molar-refractivity contribution in [2.75, 3.05) is 19.0 Å². The number of methoxy groups -OCH3 is 1. The molecular formula is C26H25N7O3. The van der Waals surface area contributed by atoms with Crippen LogP contribution in [0.2, 0.25) is 0 Å². The van der Waals surface area contributed by atoms with Crippen molar-refractivity contribution in [1.29, 1.82) is 5.26 Å². The minimum absolute atomic E-state index is 0.0644. The van der Waals surface area contributed by atoms with Gasteiger partial charge in [-0.2, -0.15) is 5.26 Å². The maximum atomic E-state index is 12.9. The summed E-state index contributed by atoms with van der Waals surface area (Å²) >= 11 is 0. The van der Waals surface area contributed by atoms with Crippen LogP contribution in [0.1, 0.15) is 27.8 Å². The molecule has 182 valence electrons. The molecule has 4 rings (SSSR count). The lowest BCUT2D eigenvalue weighted by atomic mass is 10.1. The Labute approximate surface area is 208 Å². The SMILES string of the molecule is COc1ccccc1[C@H](C#N)NC(=O)c1cccc(NCc2nnc(-c3ccncc3)n2CCO)c1. The lowest BCUT2D eigenvalue weighted by molar-refractivity contribution is 0.0945. The largest absolute Gasteiger partial charge is 0.496 e. The van der Waals surface area contributed by atoms with Gasteiger partial charge in [0.15, 0.2) is 11.6 Å². The van der Waals surface area contributed by atoms with E-state index in [9.17, 15) is 15.2 Å². The summed E-state index contributed by atoms with van der Waals surface area (Å²) in [5.41, 5.74) is 2.51. The topological polar surface area (TPSA) is 138 Å². The summed E-state index contributed by atoms with van der Waals surface area (Å²) in [6.45, 7) is 0.596. The normalized spacial score (nSPS) is 11.4. The number of pyridine rings is 1. The molecular weight excluding hydrogens is 458 g/mol. The minimum Gasteiger partial charge on any atom is -0.496 e. The van der Waals surface area contributed by atoms with Gasteiger partial charge in [-0.1, -0.05) is 24.3 Å². The molecule has 3 N–H and O–H groups in total. The predicted octanol–water partition coefficient (Wildman–Crippen LogP) is 2.95. The average Bonchev–Trinajstić information content (AvgIpc) is 3.33. The number of carbonyl (C=O) groups is 1. The monoisotopic (exact) mass is 483 g/mol. The Morgan fingerprint density at radius 2 is 1.94 bits per heavy atom. The smallest absolute Gasteiger partial charge is 0.252 e. The second kappa shape index (κ2) is 11.6. The molecule has 2 aromatic carbocycles. The number of carbonyl (C=O) groups excluding carboxylic acids is 1. The summed E-state index contributed by atoms with van der Waals surface area (Å²) in [6.07, 6.45) is 3.35. The van der Waals surface area contributed by atoms with Crippen LogP contribution in [-0.2, 0) is 13.1 Å². The van der Waals surface area contributed by atoms with Crippen LogP contribution in [0, 0.1) is 11.3 Å². The summed E-state index contributed by atoms with van der Waals surface area (Å²) in [4.78, 5) is 16.9. The number of anilines is 1. The van der Waals surface area contributed by atoms with Crippen molar-refractivity contribution in [3.8, 4) is 23.2 Å². The van der Waals surface area contributed by atoms with Gasteiger partial charge >= 0.3 is 0 Å². The van der Waals surface area contributed by atoms with Crippen LogP contribution < -0.4 is 15.4 Å². The van der Waals surface area contributed by atoms with E-state index in [1.54, 1.807) is 54.9 Å². The lowest BCUT2D eigenvalue weighted by Crippen LogP contribution is -2.28. The van der Waals surface area contributed by atoms with E-state index in [1.165, 1.54) is 7.11 Å². The van der Waals surface area contributed by atoms with Gasteiger partial charge in [-0.15, -0.1) is 10.2 Å². The Morgan fingerprint density at radius 3 is 2.69 bits per heavy atom. The van der Waals surface area contributed by atoms with E-state index in [0.29, 0.717) is 47.3 Å². The van der Waals surface area contributed by atoms with E-state index < -0.39 is 6.04 Å². The first-order chi connectivity index (χ1) is 17.6. The third-order valence-electron chi connectivity index (χ3n) is 5.52. The molecule has 0 fully saturated rings. The fourth-order valence-electron chi connectivity index (χ4n) is 3.77. The molecule has 2 aromatic heterocycles. The number of nitrogens with zero attached hydrogens (tertiary/aromatic N) is 5. The maximum absolute atomic E-state index is 12.9. The molecule has 1 amide bonds. The molecule has 0 aliphatic rings. The highest BCUT2D eigenvalue weighted by atomic mass is 16.5. The van der Waals surface area contributed by atoms with Crippen molar-refractivity contribution in [3.63, 3.8) is 0 Å². The predicted molar refractivity (Wildman–Crippen MR) is 133 cm³/mol. The van der Waals surface area contributed by atoms with Crippen LogP contribution in [-0.4, -0.2) is 44.5 Å².